The summed E-state index contributed by atoms with van der Waals surface area (Å²) in [4.78, 5) is 0. The molecule has 0 radical (unpaired) electrons. The minimum atomic E-state index is 0.0439. The van der Waals surface area contributed by atoms with Gasteiger partial charge >= 0.3 is 0 Å². The zero-order chi connectivity index (χ0) is 8.53. The zero-order valence-corrected chi connectivity index (χ0v) is 7.14. The van der Waals surface area contributed by atoms with Crippen molar-refractivity contribution in [3.8, 4) is 0 Å². The highest BCUT2D eigenvalue weighted by Crippen LogP contribution is 1.95. The maximum atomic E-state index is 8.31. The van der Waals surface area contributed by atoms with E-state index in [0.717, 1.165) is 0 Å². The molecule has 0 spiro atoms. The summed E-state index contributed by atoms with van der Waals surface area (Å²) >= 11 is 5.42. The van der Waals surface area contributed by atoms with Crippen molar-refractivity contribution in [2.75, 3.05) is 33.0 Å². The first-order chi connectivity index (χ1) is 5.27. The zero-order valence-electron chi connectivity index (χ0n) is 6.38. The van der Waals surface area contributed by atoms with E-state index in [4.69, 9.17) is 26.2 Å². The second-order valence-electron chi connectivity index (χ2n) is 1.91. The predicted octanol–water partition coefficient (Wildman–Crippen LogP) is 0.764. The Morgan fingerprint density at radius 2 is 1.91 bits per heavy atom. The normalized spacial score (nSPS) is 10.0. The molecule has 3 nitrogen and oxygen atoms in total. The highest BCUT2D eigenvalue weighted by molar-refractivity contribution is 6.29. The highest BCUT2D eigenvalue weighted by atomic mass is 35.5. The molecule has 0 rings (SSSR count). The monoisotopic (exact) mass is 180 g/mol. The Labute approximate surface area is 71.6 Å². The van der Waals surface area contributed by atoms with Crippen molar-refractivity contribution in [3.05, 3.63) is 11.6 Å². The first-order valence-corrected chi connectivity index (χ1v) is 3.74. The molecule has 0 heterocycles. The van der Waals surface area contributed by atoms with Gasteiger partial charge < -0.3 is 14.6 Å². The van der Waals surface area contributed by atoms with Gasteiger partial charge in [-0.15, -0.1) is 0 Å². The Morgan fingerprint density at radius 1 is 1.27 bits per heavy atom. The molecule has 0 aliphatic carbocycles. The molecule has 0 aromatic heterocycles. The van der Waals surface area contributed by atoms with Crippen LogP contribution in [0.1, 0.15) is 0 Å². The third-order valence-electron chi connectivity index (χ3n) is 0.866. The predicted molar refractivity (Wildman–Crippen MR) is 43.7 cm³/mol. The van der Waals surface area contributed by atoms with E-state index >= 15 is 0 Å². The summed E-state index contributed by atoms with van der Waals surface area (Å²) < 4.78 is 9.92. The van der Waals surface area contributed by atoms with Gasteiger partial charge in [-0.05, 0) is 0 Å². The van der Waals surface area contributed by atoms with Crippen LogP contribution in [0.5, 0.6) is 0 Å². The Morgan fingerprint density at radius 3 is 2.45 bits per heavy atom. The summed E-state index contributed by atoms with van der Waals surface area (Å²) in [6.45, 7) is 5.15. The van der Waals surface area contributed by atoms with Gasteiger partial charge in [0, 0.05) is 5.03 Å². The molecule has 0 atom stereocenters. The Balaban J connectivity index is 2.85. The fourth-order valence-corrected chi connectivity index (χ4v) is 0.545. The summed E-state index contributed by atoms with van der Waals surface area (Å²) in [7, 11) is 0. The maximum Gasteiger partial charge on any atom is 0.0818 e. The molecule has 0 aliphatic heterocycles. The molecule has 0 amide bonds. The van der Waals surface area contributed by atoms with E-state index in [2.05, 4.69) is 6.58 Å². The van der Waals surface area contributed by atoms with E-state index in [0.29, 0.717) is 31.5 Å². The SMILES string of the molecule is C=C(Cl)COCCOCCO. The lowest BCUT2D eigenvalue weighted by Gasteiger charge is -2.02. The van der Waals surface area contributed by atoms with Gasteiger partial charge in [0.15, 0.2) is 0 Å². The Hall–Kier alpha value is -0.0900. The van der Waals surface area contributed by atoms with Crippen LogP contribution < -0.4 is 0 Å². The van der Waals surface area contributed by atoms with Crippen molar-refractivity contribution in [2.45, 2.75) is 0 Å². The summed E-state index contributed by atoms with van der Waals surface area (Å²) in [5.41, 5.74) is 0. The molecule has 4 heteroatoms. The first kappa shape index (κ1) is 10.9. The van der Waals surface area contributed by atoms with E-state index in [-0.39, 0.29) is 6.61 Å². The second kappa shape index (κ2) is 8.01. The summed E-state index contributed by atoms with van der Waals surface area (Å²) in [6, 6.07) is 0. The molecule has 0 fully saturated rings. The lowest BCUT2D eigenvalue weighted by Crippen LogP contribution is -2.07. The van der Waals surface area contributed by atoms with E-state index in [1.54, 1.807) is 0 Å². The molecule has 0 aliphatic rings. The standard InChI is InChI=1S/C7H13ClO3/c1-7(8)6-11-5-4-10-3-2-9/h9H,1-6H2. The molecule has 0 aromatic rings. The number of ether oxygens (including phenoxy) is 2. The van der Waals surface area contributed by atoms with Gasteiger partial charge in [0.05, 0.1) is 33.0 Å². The molecule has 0 saturated heterocycles. The van der Waals surface area contributed by atoms with Gasteiger partial charge in [0.25, 0.3) is 0 Å². The summed E-state index contributed by atoms with van der Waals surface area (Å²) in [5.74, 6) is 0. The van der Waals surface area contributed by atoms with Crippen LogP contribution in [0.2, 0.25) is 0 Å². The Kier molecular flexibility index (Phi) is 7.95. The van der Waals surface area contributed by atoms with Gasteiger partial charge in [-0.25, -0.2) is 0 Å². The number of hydrogen-bond acceptors (Lipinski definition) is 3. The van der Waals surface area contributed by atoms with Crippen LogP contribution in [0.4, 0.5) is 0 Å². The molecular formula is C7H13ClO3. The van der Waals surface area contributed by atoms with Crippen molar-refractivity contribution >= 4 is 11.6 Å². The van der Waals surface area contributed by atoms with Crippen molar-refractivity contribution in [2.24, 2.45) is 0 Å². The summed E-state index contributed by atoms with van der Waals surface area (Å²) in [6.07, 6.45) is 0. The van der Waals surface area contributed by atoms with E-state index in [9.17, 15) is 0 Å². The molecule has 0 bridgehead atoms. The fourth-order valence-electron chi connectivity index (χ4n) is 0.467. The van der Waals surface area contributed by atoms with Crippen LogP contribution in [0.15, 0.2) is 11.6 Å². The van der Waals surface area contributed by atoms with E-state index < -0.39 is 0 Å². The molecule has 0 saturated carbocycles. The van der Waals surface area contributed by atoms with Crippen LogP contribution >= 0.6 is 11.6 Å². The van der Waals surface area contributed by atoms with Gasteiger partial charge in [0.1, 0.15) is 0 Å². The van der Waals surface area contributed by atoms with Gasteiger partial charge in [-0.3, -0.25) is 0 Å². The third kappa shape index (κ3) is 9.91. The van der Waals surface area contributed by atoms with Crippen molar-refractivity contribution in [3.63, 3.8) is 0 Å². The van der Waals surface area contributed by atoms with Crippen LogP contribution in [0, 0.1) is 0 Å². The minimum absolute atomic E-state index is 0.0439. The topological polar surface area (TPSA) is 38.7 Å². The van der Waals surface area contributed by atoms with Crippen molar-refractivity contribution in [1.29, 1.82) is 0 Å². The lowest BCUT2D eigenvalue weighted by atomic mass is 10.6. The van der Waals surface area contributed by atoms with Gasteiger partial charge in [0.2, 0.25) is 0 Å². The molecule has 0 unspecified atom stereocenters. The fraction of sp³-hybridized carbons (Fsp3) is 0.714. The molecule has 66 valence electrons. The average Bonchev–Trinajstić information content (AvgIpc) is 1.96. The van der Waals surface area contributed by atoms with Gasteiger partial charge in [-0.1, -0.05) is 18.2 Å². The van der Waals surface area contributed by atoms with Crippen molar-refractivity contribution < 1.29 is 14.6 Å². The van der Waals surface area contributed by atoms with Crippen LogP contribution in [0.3, 0.4) is 0 Å². The number of hydrogen-bond donors (Lipinski definition) is 1. The van der Waals surface area contributed by atoms with Crippen LogP contribution in [0.25, 0.3) is 0 Å². The number of aliphatic hydroxyl groups is 1. The van der Waals surface area contributed by atoms with E-state index in [1.807, 2.05) is 0 Å². The van der Waals surface area contributed by atoms with Gasteiger partial charge in [-0.2, -0.15) is 0 Å². The number of aliphatic hydroxyl groups excluding tert-OH is 1. The number of rotatable bonds is 7. The van der Waals surface area contributed by atoms with Crippen molar-refractivity contribution in [1.82, 2.24) is 0 Å². The van der Waals surface area contributed by atoms with E-state index in [1.165, 1.54) is 0 Å². The Bertz CT molecular complexity index is 106. The largest absolute Gasteiger partial charge is 0.394 e. The first-order valence-electron chi connectivity index (χ1n) is 3.37. The number of halogens is 1. The quantitative estimate of drug-likeness (QED) is 0.588. The average molecular weight is 181 g/mol. The van der Waals surface area contributed by atoms with Crippen LogP contribution in [-0.4, -0.2) is 38.1 Å². The smallest absolute Gasteiger partial charge is 0.0818 e. The maximum absolute atomic E-state index is 8.31. The molecule has 11 heavy (non-hydrogen) atoms. The lowest BCUT2D eigenvalue weighted by molar-refractivity contribution is 0.0406. The third-order valence-corrected chi connectivity index (χ3v) is 0.975. The second-order valence-corrected chi connectivity index (χ2v) is 2.44. The molecule has 1 N–H and O–H groups in total. The molecule has 0 aromatic carbocycles. The minimum Gasteiger partial charge on any atom is -0.394 e. The molecular weight excluding hydrogens is 168 g/mol. The highest BCUT2D eigenvalue weighted by Gasteiger charge is 1.89. The summed E-state index contributed by atoms with van der Waals surface area (Å²) in [5, 5.41) is 8.79. The van der Waals surface area contributed by atoms with Crippen LogP contribution in [-0.2, 0) is 9.47 Å².